The molecule has 13 aliphatic rings. The number of hydrogen-bond acceptors (Lipinski definition) is 0. The van der Waals surface area contributed by atoms with Gasteiger partial charge in [0.2, 0.25) is 0 Å². The van der Waals surface area contributed by atoms with Crippen molar-refractivity contribution in [2.24, 2.45) is 47.3 Å². The molecule has 8 saturated carbocycles. The van der Waals surface area contributed by atoms with E-state index in [4.69, 9.17) is 28.1 Å². The van der Waals surface area contributed by atoms with Crippen molar-refractivity contribution < 1.29 is 58.6 Å². The van der Waals surface area contributed by atoms with Crippen LogP contribution >= 0.6 is 28.1 Å². The summed E-state index contributed by atoms with van der Waals surface area (Å²) in [5.74, 6) is 9.99. The standard InChI is InChI=1S/2C27H44Si2.C27H32Si2.C22H27ClSi2.2CH3.2ClH.2Li.Zr/c3*1-28(2,22-14-8-9-15-22)29(3,4)26-18-17-24-25(26)19-21-13-10-16-23(21)27(24)20-11-6-5-7-12-20;1-24(2,25(3,4)23)21-14-13-19-20(21)15-17-11-8-12-18(17)22(19)16-9-6-5-7-10-16;;;;;;;/h2*5-7,11-12,21-27H,8-10,13-19H2,1-4H3;5-9,11-12,14-15,17-19,22,26H,10,13,16H2,1-4H3;5-7,9-10,13-15,21H,8,11-12H2,1-4H3;2*1H3;2*1H;;;/q;;;;2*-1;;;2*+1;+4/p-2. The Hall–Kier alpha value is -1.04. The van der Waals surface area contributed by atoms with Gasteiger partial charge in [-0.2, -0.15) is 11.1 Å². The van der Waals surface area contributed by atoms with Crippen LogP contribution in [0.1, 0.15) is 220 Å². The molecule has 630 valence electrons. The van der Waals surface area contributed by atoms with Crippen molar-refractivity contribution in [3.05, 3.63) is 240 Å². The van der Waals surface area contributed by atoms with Crippen LogP contribution in [0.15, 0.2) is 170 Å². The third-order valence-electron chi connectivity index (χ3n) is 37.5. The summed E-state index contributed by atoms with van der Waals surface area (Å²) in [6.45, 7) is 41.6. The van der Waals surface area contributed by atoms with Gasteiger partial charge in [0, 0.05) is 30.4 Å². The van der Waals surface area contributed by atoms with Gasteiger partial charge in [-0.25, -0.2) is 0 Å². The van der Waals surface area contributed by atoms with Gasteiger partial charge in [-0.05, 0) is 253 Å². The molecule has 119 heavy (non-hydrogen) atoms. The molecule has 0 spiro atoms. The molecule has 0 bridgehead atoms. The van der Waals surface area contributed by atoms with Crippen molar-refractivity contribution in [1.82, 2.24) is 0 Å². The molecule has 14 unspecified atom stereocenters. The van der Waals surface area contributed by atoms with E-state index in [0.29, 0.717) is 16.6 Å². The molecule has 0 aliphatic heterocycles. The van der Waals surface area contributed by atoms with Crippen LogP contribution in [-0.4, -0.2) is 60.0 Å². The van der Waals surface area contributed by atoms with Crippen molar-refractivity contribution in [3.63, 3.8) is 0 Å². The quantitative estimate of drug-likeness (QED) is 0.0546. The van der Waals surface area contributed by atoms with Crippen LogP contribution in [0.3, 0.4) is 0 Å². The summed E-state index contributed by atoms with van der Waals surface area (Å²) in [7, 11) is 0.661. The van der Waals surface area contributed by atoms with Gasteiger partial charge in [0.15, 0.2) is 0 Å². The Kier molecular flexibility index (Phi) is 33.6. The minimum absolute atomic E-state index is 0. The summed E-state index contributed by atoms with van der Waals surface area (Å²) >= 11 is 6.19. The number of aryl methyl sites for hydroxylation is 2. The Morgan fingerprint density at radius 1 is 0.336 bits per heavy atom. The molecule has 19 rings (SSSR count). The predicted molar refractivity (Wildman–Crippen MR) is 537 cm³/mol. The van der Waals surface area contributed by atoms with E-state index in [-0.39, 0.29) is 52.6 Å². The van der Waals surface area contributed by atoms with Gasteiger partial charge < -0.3 is 14.9 Å². The maximum atomic E-state index is 7.01. The van der Waals surface area contributed by atoms with E-state index in [9.17, 15) is 0 Å². The van der Waals surface area contributed by atoms with E-state index >= 15 is 0 Å². The second-order valence-corrected chi connectivity index (χ2v) is 114. The molecule has 6 aromatic carbocycles. The van der Waals surface area contributed by atoms with Crippen molar-refractivity contribution in [2.75, 3.05) is 0 Å². The maximum absolute atomic E-state index is 7.01. The largest absolute Gasteiger partial charge is 1.00 e. The molecular weight excluding hydrogens is 1700 g/mol. The van der Waals surface area contributed by atoms with Crippen LogP contribution < -0.4 is 37.7 Å². The van der Waals surface area contributed by atoms with E-state index in [1.807, 2.05) is 0 Å². The van der Waals surface area contributed by atoms with E-state index in [1.165, 1.54) is 131 Å². The fourth-order valence-electron chi connectivity index (χ4n) is 28.5. The molecule has 8 fully saturated rings. The van der Waals surface area contributed by atoms with Gasteiger partial charge >= 0.3 is 75.6 Å². The van der Waals surface area contributed by atoms with Gasteiger partial charge in [0.05, 0.1) is 22.8 Å². The Morgan fingerprint density at radius 3 is 1.05 bits per heavy atom. The molecule has 6 aromatic rings. The molecule has 0 heterocycles. The molecule has 0 radical (unpaired) electrons. The first-order valence-corrected chi connectivity index (χ1v) is 82.8. The number of allylic oxidation sites excluding steroid dienone is 6. The molecule has 13 aliphatic carbocycles. The number of rotatable bonds is 15. The third-order valence-corrected chi connectivity index (χ3v) is 118. The fraction of sp³-hybridized carbons (Fsp3) is 0.562. The summed E-state index contributed by atoms with van der Waals surface area (Å²) in [4.78, 5) is 0. The molecular formula is C105H153Cl3Li2Si8Zr+2. The second kappa shape index (κ2) is 40.5. The summed E-state index contributed by atoms with van der Waals surface area (Å²) < 4.78 is 0. The zero-order valence-electron chi connectivity index (χ0n) is 78.2. The molecule has 0 N–H and O–H groups in total. The summed E-state index contributed by atoms with van der Waals surface area (Å²) in [6, 6.07) is 50.9. The predicted octanol–water partition coefficient (Wildman–Crippen LogP) is 27.3. The van der Waals surface area contributed by atoms with Crippen molar-refractivity contribution in [1.29, 1.82) is 0 Å². The van der Waals surface area contributed by atoms with E-state index < -0.39 is 80.9 Å². The Labute approximate surface area is 782 Å². The normalized spacial score (nSPS) is 27.7. The van der Waals surface area contributed by atoms with Gasteiger partial charge in [-0.1, -0.05) is 377 Å². The topological polar surface area (TPSA) is 0 Å². The van der Waals surface area contributed by atoms with Gasteiger partial charge in [-0.3, -0.25) is 0 Å². The molecule has 14 heteroatoms. The average Bonchev–Trinajstić information content (AvgIpc) is 1.60. The zero-order valence-corrected chi connectivity index (χ0v) is 90.9. The van der Waals surface area contributed by atoms with E-state index in [2.05, 4.69) is 287 Å². The summed E-state index contributed by atoms with van der Waals surface area (Å²) in [5, 5.41) is 0. The Bertz CT molecular complexity index is 4330. The van der Waals surface area contributed by atoms with Crippen LogP contribution in [0, 0.1) is 62.2 Å². The first-order chi connectivity index (χ1) is 54.9. The molecule has 0 amide bonds. The van der Waals surface area contributed by atoms with Crippen molar-refractivity contribution >= 4 is 100 Å². The average molecular weight is 1850 g/mol. The number of halogens is 3. The number of hydrogen-bond donors (Lipinski definition) is 0. The third kappa shape index (κ3) is 18.9. The van der Waals surface area contributed by atoms with Gasteiger partial charge in [0.1, 0.15) is 6.90 Å². The molecule has 0 saturated heterocycles. The van der Waals surface area contributed by atoms with Gasteiger partial charge in [-0.15, -0.1) is 0 Å². The number of fused-ring (bicyclic) bond motifs is 8. The van der Waals surface area contributed by atoms with Crippen LogP contribution in [-0.2, 0) is 46.5 Å². The molecule has 14 atom stereocenters. The Balaban J connectivity index is 0.000000152. The Morgan fingerprint density at radius 2 is 0.689 bits per heavy atom. The van der Waals surface area contributed by atoms with Gasteiger partial charge in [0.25, 0.3) is 0 Å². The minimum atomic E-state index is -1.68. The fourth-order valence-corrected chi connectivity index (χ4v) is 73.9. The molecule has 0 nitrogen and oxygen atoms in total. The maximum Gasteiger partial charge on any atom is 1.00 e. The van der Waals surface area contributed by atoms with Crippen molar-refractivity contribution in [3.8, 4) is 22.3 Å². The summed E-state index contributed by atoms with van der Waals surface area (Å²) in [6.07, 6.45) is 58.0. The smallest absolute Gasteiger partial charge is 1.00 e. The zero-order chi connectivity index (χ0) is 81.2. The number of benzene rings is 6. The van der Waals surface area contributed by atoms with Crippen LogP contribution in [0.4, 0.5) is 0 Å². The van der Waals surface area contributed by atoms with Crippen LogP contribution in [0.5, 0.6) is 0 Å². The monoisotopic (exact) mass is 1850 g/mol. The summed E-state index contributed by atoms with van der Waals surface area (Å²) in [5.41, 5.74) is 28.4. The van der Waals surface area contributed by atoms with Crippen molar-refractivity contribution in [2.45, 2.75) is 322 Å². The second-order valence-electron chi connectivity index (χ2n) is 43.8. The van der Waals surface area contributed by atoms with Crippen LogP contribution in [0.2, 0.25) is 132 Å². The minimum Gasteiger partial charge on any atom is 1.00 e. The van der Waals surface area contributed by atoms with E-state index in [0.717, 1.165) is 81.3 Å². The van der Waals surface area contributed by atoms with Crippen LogP contribution in [0.25, 0.3) is 34.4 Å². The molecule has 0 aromatic heterocycles. The first kappa shape index (κ1) is 98.6. The van der Waals surface area contributed by atoms with E-state index in [1.54, 1.807) is 114 Å². The SMILES string of the molecule is C[Si](C)(C1C=CC=C1)[Si](C)(C)C1C=Cc2c1cc1c(c2-c2ccccc2)CCC1.C[Si](C)(C1CCCC1)[Si](C)(C)C1CCC2C1CC1CCCC1C2c1ccccc1.C[Si](C)(C1CCCC1)[Si](C)(C)C1CCC2C1CC1CCCC1C2c1ccccc1.C[Si](C)(Cl)[Si](C)(C)C1C=Cc2c1cc1c(c2-c2ccccc2)CCC1.[CH3-].[CH3-].[Cl][Zr+2][Cl].[Li+].[Li+]. The first-order valence-electron chi connectivity index (χ1n) is 46.9.